The summed E-state index contributed by atoms with van der Waals surface area (Å²) in [6.07, 6.45) is 8.57. The van der Waals surface area contributed by atoms with Crippen LogP contribution in [0.15, 0.2) is 22.9 Å². The summed E-state index contributed by atoms with van der Waals surface area (Å²) in [6, 6.07) is 3.81. The summed E-state index contributed by atoms with van der Waals surface area (Å²) in [7, 11) is 0. The van der Waals surface area contributed by atoms with Gasteiger partial charge in [-0.3, -0.25) is 4.79 Å². The quantitative estimate of drug-likeness (QED) is 0.877. The van der Waals surface area contributed by atoms with E-state index < -0.39 is 0 Å². The maximum absolute atomic E-state index is 12.3. The summed E-state index contributed by atoms with van der Waals surface area (Å²) in [5.74, 6) is 2.50. The fourth-order valence-electron chi connectivity index (χ4n) is 3.08. The minimum Gasteiger partial charge on any atom is -0.455 e. The summed E-state index contributed by atoms with van der Waals surface area (Å²) in [5, 5.41) is 11.2. The zero-order valence-corrected chi connectivity index (χ0v) is 14.3. The van der Waals surface area contributed by atoms with Crippen LogP contribution in [0.2, 0.25) is 0 Å². The first kappa shape index (κ1) is 16.1. The minimum absolute atomic E-state index is 0.209. The van der Waals surface area contributed by atoms with Crippen LogP contribution in [-0.2, 0) is 5.75 Å². The van der Waals surface area contributed by atoms with Crippen molar-refractivity contribution in [2.75, 3.05) is 6.26 Å². The number of amides is 1. The van der Waals surface area contributed by atoms with Crippen molar-refractivity contribution in [2.45, 2.75) is 50.4 Å². The molecule has 0 aromatic carbocycles. The zero-order chi connectivity index (χ0) is 16.2. The molecule has 2 heterocycles. The number of carbonyl (C=O) groups excluding carboxylic acids is 1. The summed E-state index contributed by atoms with van der Waals surface area (Å²) in [5.41, 5.74) is 0. The second kappa shape index (κ2) is 7.21. The van der Waals surface area contributed by atoms with Gasteiger partial charge in [0.2, 0.25) is 0 Å². The third-order valence-corrected chi connectivity index (χ3v) is 4.80. The molecule has 1 aliphatic rings. The van der Waals surface area contributed by atoms with Crippen molar-refractivity contribution in [3.05, 3.63) is 35.8 Å². The molecule has 0 saturated heterocycles. The average Bonchev–Trinajstić information content (AvgIpc) is 3.27. The van der Waals surface area contributed by atoms with Crippen LogP contribution in [-0.4, -0.2) is 26.9 Å². The molecule has 2 aromatic heterocycles. The lowest BCUT2D eigenvalue weighted by molar-refractivity contribution is 0.0907. The maximum Gasteiger partial charge on any atom is 0.287 e. The topological polar surface area (TPSA) is 73.0 Å². The lowest BCUT2D eigenvalue weighted by Crippen LogP contribution is -2.29. The van der Waals surface area contributed by atoms with Crippen LogP contribution in [0.5, 0.6) is 0 Å². The van der Waals surface area contributed by atoms with Crippen LogP contribution in [0.1, 0.15) is 66.8 Å². The molecule has 23 heavy (non-hydrogen) atoms. The van der Waals surface area contributed by atoms with Gasteiger partial charge < -0.3 is 14.3 Å². The highest BCUT2D eigenvalue weighted by Gasteiger charge is 2.24. The van der Waals surface area contributed by atoms with E-state index in [1.54, 1.807) is 24.2 Å². The first-order chi connectivity index (χ1) is 11.2. The third kappa shape index (κ3) is 3.60. The number of carbonyl (C=O) groups is 1. The molecule has 1 aliphatic carbocycles. The van der Waals surface area contributed by atoms with Gasteiger partial charge in [-0.25, -0.2) is 0 Å². The molecule has 1 saturated carbocycles. The summed E-state index contributed by atoms with van der Waals surface area (Å²) >= 11 is 1.66. The Hall–Kier alpha value is -1.76. The monoisotopic (exact) mass is 334 g/mol. The first-order valence-corrected chi connectivity index (χ1v) is 9.36. The van der Waals surface area contributed by atoms with E-state index in [4.69, 9.17) is 4.42 Å². The highest BCUT2D eigenvalue weighted by Crippen LogP contribution is 2.31. The van der Waals surface area contributed by atoms with Gasteiger partial charge in [0, 0.05) is 6.04 Å². The van der Waals surface area contributed by atoms with Crippen LogP contribution >= 0.6 is 11.8 Å². The fraction of sp³-hybridized carbons (Fsp3) is 0.562. The van der Waals surface area contributed by atoms with Crippen molar-refractivity contribution >= 4 is 17.7 Å². The van der Waals surface area contributed by atoms with Crippen molar-refractivity contribution in [3.63, 3.8) is 0 Å². The summed E-state index contributed by atoms with van der Waals surface area (Å²) < 4.78 is 7.67. The first-order valence-electron chi connectivity index (χ1n) is 7.97. The van der Waals surface area contributed by atoms with E-state index in [0.29, 0.717) is 11.8 Å². The molecule has 6 nitrogen and oxygen atoms in total. The molecule has 1 unspecified atom stereocenters. The molecular weight excluding hydrogens is 312 g/mol. The fourth-order valence-corrected chi connectivity index (χ4v) is 3.52. The number of hydrogen-bond donors (Lipinski definition) is 1. The summed E-state index contributed by atoms with van der Waals surface area (Å²) in [4.78, 5) is 12.3. The van der Waals surface area contributed by atoms with Crippen molar-refractivity contribution in [2.24, 2.45) is 0 Å². The Morgan fingerprint density at radius 1 is 1.48 bits per heavy atom. The predicted molar refractivity (Wildman–Crippen MR) is 89.3 cm³/mol. The van der Waals surface area contributed by atoms with Gasteiger partial charge in [-0.1, -0.05) is 12.8 Å². The molecule has 0 radical (unpaired) electrons. The van der Waals surface area contributed by atoms with E-state index in [2.05, 4.69) is 20.1 Å². The predicted octanol–water partition coefficient (Wildman–Crippen LogP) is 3.34. The molecular formula is C16H22N4O2S. The Morgan fingerprint density at radius 3 is 3.00 bits per heavy atom. The van der Waals surface area contributed by atoms with Gasteiger partial charge in [-0.2, -0.15) is 11.8 Å². The molecule has 1 atom stereocenters. The molecule has 3 rings (SSSR count). The Bertz CT molecular complexity index is 661. The average molecular weight is 334 g/mol. The van der Waals surface area contributed by atoms with E-state index in [9.17, 15) is 4.79 Å². The number of furan rings is 1. The SMILES string of the molecule is CSCc1ccc(C(=O)NC(C)c2nncn2C2CCCC2)o1. The number of aromatic nitrogens is 3. The minimum atomic E-state index is -0.217. The van der Waals surface area contributed by atoms with Crippen molar-refractivity contribution in [1.82, 2.24) is 20.1 Å². The van der Waals surface area contributed by atoms with Crippen LogP contribution in [0.3, 0.4) is 0 Å². The largest absolute Gasteiger partial charge is 0.455 e. The molecule has 0 spiro atoms. The molecule has 124 valence electrons. The van der Waals surface area contributed by atoms with Crippen molar-refractivity contribution in [1.29, 1.82) is 0 Å². The van der Waals surface area contributed by atoms with E-state index in [0.717, 1.165) is 30.2 Å². The van der Waals surface area contributed by atoms with Gasteiger partial charge in [0.05, 0.1) is 11.8 Å². The van der Waals surface area contributed by atoms with Crippen LogP contribution in [0, 0.1) is 0 Å². The van der Waals surface area contributed by atoms with Gasteiger partial charge in [-0.15, -0.1) is 10.2 Å². The Morgan fingerprint density at radius 2 is 2.26 bits per heavy atom. The molecule has 2 aromatic rings. The third-order valence-electron chi connectivity index (χ3n) is 4.23. The van der Waals surface area contributed by atoms with Crippen LogP contribution in [0.4, 0.5) is 0 Å². The van der Waals surface area contributed by atoms with Gasteiger partial charge in [0.25, 0.3) is 5.91 Å². The number of thioether (sulfide) groups is 1. The smallest absolute Gasteiger partial charge is 0.287 e. The molecule has 1 N–H and O–H groups in total. The van der Waals surface area contributed by atoms with Gasteiger partial charge >= 0.3 is 0 Å². The Balaban J connectivity index is 1.67. The van der Waals surface area contributed by atoms with Crippen molar-refractivity contribution in [3.8, 4) is 0 Å². The number of nitrogens with one attached hydrogen (secondary N) is 1. The summed E-state index contributed by atoms with van der Waals surface area (Å²) in [6.45, 7) is 1.93. The van der Waals surface area contributed by atoms with E-state index in [1.807, 2.05) is 19.2 Å². The highest BCUT2D eigenvalue weighted by atomic mass is 32.2. The lowest BCUT2D eigenvalue weighted by Gasteiger charge is -2.18. The van der Waals surface area contributed by atoms with E-state index in [1.165, 1.54) is 12.8 Å². The Labute approximate surface area is 140 Å². The van der Waals surface area contributed by atoms with E-state index in [-0.39, 0.29) is 11.9 Å². The Kier molecular flexibility index (Phi) is 5.05. The molecule has 1 amide bonds. The van der Waals surface area contributed by atoms with Gasteiger partial charge in [0.15, 0.2) is 11.6 Å². The van der Waals surface area contributed by atoms with Gasteiger partial charge in [-0.05, 0) is 38.2 Å². The number of hydrogen-bond acceptors (Lipinski definition) is 5. The normalized spacial score (nSPS) is 16.6. The standard InChI is InChI=1S/C16H22N4O2S/c1-11(15-19-17-10-20(15)12-5-3-4-6-12)18-16(21)14-8-7-13(22-14)9-23-2/h7-8,10-12H,3-6,9H2,1-2H3,(H,18,21). The molecule has 1 fully saturated rings. The second-order valence-corrected chi connectivity index (χ2v) is 6.79. The van der Waals surface area contributed by atoms with Crippen LogP contribution in [0.25, 0.3) is 0 Å². The lowest BCUT2D eigenvalue weighted by atomic mass is 10.2. The van der Waals surface area contributed by atoms with E-state index >= 15 is 0 Å². The molecule has 7 heteroatoms. The number of rotatable bonds is 6. The zero-order valence-electron chi connectivity index (χ0n) is 13.5. The van der Waals surface area contributed by atoms with Crippen LogP contribution < -0.4 is 5.32 Å². The van der Waals surface area contributed by atoms with Crippen molar-refractivity contribution < 1.29 is 9.21 Å². The maximum atomic E-state index is 12.3. The molecule has 0 aliphatic heterocycles. The number of nitrogens with zero attached hydrogens (tertiary/aromatic N) is 3. The second-order valence-electron chi connectivity index (χ2n) is 5.93. The van der Waals surface area contributed by atoms with Gasteiger partial charge in [0.1, 0.15) is 12.1 Å². The molecule has 0 bridgehead atoms. The highest BCUT2D eigenvalue weighted by molar-refractivity contribution is 7.97.